The number of aromatic nitrogens is 2. The molecular formula is C15H21N3O2S. The van der Waals surface area contributed by atoms with Crippen LogP contribution in [0.4, 0.5) is 0 Å². The van der Waals surface area contributed by atoms with E-state index in [4.69, 9.17) is 0 Å². The first-order valence-electron chi connectivity index (χ1n) is 6.88. The van der Waals surface area contributed by atoms with Gasteiger partial charge in [0, 0.05) is 12.2 Å². The van der Waals surface area contributed by atoms with Crippen LogP contribution < -0.4 is 4.72 Å². The van der Waals surface area contributed by atoms with Gasteiger partial charge < -0.3 is 0 Å². The molecule has 0 saturated heterocycles. The molecule has 0 radical (unpaired) electrons. The summed E-state index contributed by atoms with van der Waals surface area (Å²) in [7, 11) is -3.48. The first kappa shape index (κ1) is 15.7. The maximum absolute atomic E-state index is 12.2. The monoisotopic (exact) mass is 307 g/mol. The van der Waals surface area contributed by atoms with Crippen LogP contribution in [-0.2, 0) is 10.0 Å². The summed E-state index contributed by atoms with van der Waals surface area (Å²) in [5.74, 6) is 0. The lowest BCUT2D eigenvalue weighted by molar-refractivity contribution is 0.467. The summed E-state index contributed by atoms with van der Waals surface area (Å²) in [4.78, 5) is 0.286. The molecule has 0 amide bonds. The molecule has 0 bridgehead atoms. The summed E-state index contributed by atoms with van der Waals surface area (Å²) in [6.07, 6.45) is 0. The van der Waals surface area contributed by atoms with E-state index in [9.17, 15) is 8.42 Å². The predicted octanol–water partition coefficient (Wildman–Crippen LogP) is 2.35. The zero-order chi connectivity index (χ0) is 15.6. The molecule has 0 saturated carbocycles. The quantitative estimate of drug-likeness (QED) is 0.922. The molecule has 1 heterocycles. The molecule has 6 heteroatoms. The van der Waals surface area contributed by atoms with Gasteiger partial charge in [-0.3, -0.25) is 4.68 Å². The Labute approximate surface area is 126 Å². The molecule has 1 atom stereocenters. The van der Waals surface area contributed by atoms with Crippen molar-refractivity contribution in [2.45, 2.75) is 38.6 Å². The van der Waals surface area contributed by atoms with E-state index in [0.717, 1.165) is 17.0 Å². The Morgan fingerprint density at radius 1 is 1.19 bits per heavy atom. The first-order chi connectivity index (χ1) is 9.79. The maximum atomic E-state index is 12.2. The molecule has 0 spiro atoms. The van der Waals surface area contributed by atoms with Crippen molar-refractivity contribution in [3.63, 3.8) is 0 Å². The lowest BCUT2D eigenvalue weighted by Crippen LogP contribution is -2.30. The minimum Gasteiger partial charge on any atom is -0.266 e. The molecule has 114 valence electrons. The van der Waals surface area contributed by atoms with Crippen LogP contribution in [0.3, 0.4) is 0 Å². The Morgan fingerprint density at radius 2 is 1.81 bits per heavy atom. The van der Waals surface area contributed by atoms with Gasteiger partial charge in [-0.05, 0) is 45.9 Å². The lowest BCUT2D eigenvalue weighted by Gasteiger charge is -2.15. The van der Waals surface area contributed by atoms with E-state index < -0.39 is 10.0 Å². The summed E-state index contributed by atoms with van der Waals surface area (Å²) in [5, 5.41) is 4.38. The summed E-state index contributed by atoms with van der Waals surface area (Å²) in [5.41, 5.74) is 2.99. The molecule has 0 aliphatic rings. The number of nitrogens with one attached hydrogen (secondary N) is 1. The number of sulfonamides is 1. The number of hydrogen-bond acceptors (Lipinski definition) is 3. The van der Waals surface area contributed by atoms with Gasteiger partial charge in [-0.25, -0.2) is 13.1 Å². The van der Waals surface area contributed by atoms with E-state index in [0.29, 0.717) is 6.54 Å². The van der Waals surface area contributed by atoms with Crippen LogP contribution >= 0.6 is 0 Å². The average molecular weight is 307 g/mol. The molecule has 21 heavy (non-hydrogen) atoms. The number of aryl methyl sites for hydroxylation is 3. The van der Waals surface area contributed by atoms with Gasteiger partial charge in [0.15, 0.2) is 0 Å². The van der Waals surface area contributed by atoms with Gasteiger partial charge in [0.05, 0.1) is 16.6 Å². The fraction of sp³-hybridized carbons (Fsp3) is 0.400. The summed E-state index contributed by atoms with van der Waals surface area (Å²) in [6.45, 7) is 8.06. The van der Waals surface area contributed by atoms with Crippen LogP contribution in [0.15, 0.2) is 35.2 Å². The third-order valence-electron chi connectivity index (χ3n) is 3.36. The van der Waals surface area contributed by atoms with Crippen LogP contribution in [-0.4, -0.2) is 24.7 Å². The largest absolute Gasteiger partial charge is 0.266 e. The Balaban J connectivity index is 2.08. The Kier molecular flexibility index (Phi) is 4.49. The van der Waals surface area contributed by atoms with E-state index >= 15 is 0 Å². The van der Waals surface area contributed by atoms with Crippen molar-refractivity contribution in [1.82, 2.24) is 14.5 Å². The van der Waals surface area contributed by atoms with E-state index in [1.807, 2.05) is 38.4 Å². The molecule has 1 aromatic carbocycles. The number of hydrogen-bond donors (Lipinski definition) is 1. The highest BCUT2D eigenvalue weighted by atomic mass is 32.2. The second-order valence-corrected chi connectivity index (χ2v) is 7.15. The summed E-state index contributed by atoms with van der Waals surface area (Å²) in [6, 6.07) is 8.75. The van der Waals surface area contributed by atoms with E-state index in [-0.39, 0.29) is 10.9 Å². The van der Waals surface area contributed by atoms with Gasteiger partial charge in [0.1, 0.15) is 0 Å². The minimum absolute atomic E-state index is 0.0427. The van der Waals surface area contributed by atoms with Gasteiger partial charge >= 0.3 is 0 Å². The van der Waals surface area contributed by atoms with Crippen LogP contribution in [0, 0.1) is 20.8 Å². The van der Waals surface area contributed by atoms with Gasteiger partial charge in [-0.1, -0.05) is 17.7 Å². The van der Waals surface area contributed by atoms with E-state index in [2.05, 4.69) is 9.82 Å². The van der Waals surface area contributed by atoms with Crippen molar-refractivity contribution in [3.05, 3.63) is 47.3 Å². The van der Waals surface area contributed by atoms with Gasteiger partial charge in [0.2, 0.25) is 10.0 Å². The molecule has 5 nitrogen and oxygen atoms in total. The van der Waals surface area contributed by atoms with E-state index in [1.165, 1.54) is 0 Å². The summed E-state index contributed by atoms with van der Waals surface area (Å²) >= 11 is 0. The molecule has 2 rings (SSSR count). The second-order valence-electron chi connectivity index (χ2n) is 5.39. The highest BCUT2D eigenvalue weighted by Crippen LogP contribution is 2.13. The molecular weight excluding hydrogens is 286 g/mol. The molecule has 0 aliphatic carbocycles. The van der Waals surface area contributed by atoms with Gasteiger partial charge in [-0.2, -0.15) is 5.10 Å². The SMILES string of the molecule is Cc1ccc(S(=O)(=O)NC[C@@H](C)n2nc(C)cc2C)cc1. The molecule has 0 fully saturated rings. The maximum Gasteiger partial charge on any atom is 0.240 e. The van der Waals surface area contributed by atoms with Crippen LogP contribution in [0.25, 0.3) is 0 Å². The van der Waals surface area contributed by atoms with Gasteiger partial charge in [0.25, 0.3) is 0 Å². The topological polar surface area (TPSA) is 64.0 Å². The first-order valence-corrected chi connectivity index (χ1v) is 8.37. The van der Waals surface area contributed by atoms with Crippen molar-refractivity contribution in [3.8, 4) is 0 Å². The van der Waals surface area contributed by atoms with Crippen LogP contribution in [0.5, 0.6) is 0 Å². The number of rotatable bonds is 5. The Hall–Kier alpha value is -1.66. The normalized spacial score (nSPS) is 13.3. The minimum atomic E-state index is -3.48. The zero-order valence-corrected chi connectivity index (χ0v) is 13.6. The third-order valence-corrected chi connectivity index (χ3v) is 4.80. The van der Waals surface area contributed by atoms with Crippen molar-refractivity contribution in [1.29, 1.82) is 0 Å². The standard InChI is InChI=1S/C15H21N3O2S/c1-11-5-7-15(8-6-11)21(19,20)16-10-14(4)18-13(3)9-12(2)17-18/h5-9,14,16H,10H2,1-4H3/t14-/m1/s1. The van der Waals surface area contributed by atoms with Crippen molar-refractivity contribution < 1.29 is 8.42 Å². The Morgan fingerprint density at radius 3 is 2.33 bits per heavy atom. The van der Waals surface area contributed by atoms with Gasteiger partial charge in [-0.15, -0.1) is 0 Å². The highest BCUT2D eigenvalue weighted by molar-refractivity contribution is 7.89. The fourth-order valence-electron chi connectivity index (χ4n) is 2.21. The second kappa shape index (κ2) is 5.99. The van der Waals surface area contributed by atoms with Crippen molar-refractivity contribution in [2.24, 2.45) is 0 Å². The summed E-state index contributed by atoms with van der Waals surface area (Å²) < 4.78 is 28.9. The van der Waals surface area contributed by atoms with Crippen molar-refractivity contribution in [2.75, 3.05) is 6.54 Å². The van der Waals surface area contributed by atoms with Crippen LogP contribution in [0.1, 0.15) is 29.9 Å². The average Bonchev–Trinajstić information content (AvgIpc) is 2.76. The highest BCUT2D eigenvalue weighted by Gasteiger charge is 2.16. The molecule has 1 aromatic heterocycles. The third kappa shape index (κ3) is 3.71. The number of nitrogens with zero attached hydrogens (tertiary/aromatic N) is 2. The predicted molar refractivity (Wildman–Crippen MR) is 82.8 cm³/mol. The van der Waals surface area contributed by atoms with Crippen LogP contribution in [0.2, 0.25) is 0 Å². The zero-order valence-electron chi connectivity index (χ0n) is 12.8. The number of benzene rings is 1. The smallest absolute Gasteiger partial charge is 0.240 e. The molecule has 0 unspecified atom stereocenters. The fourth-order valence-corrected chi connectivity index (χ4v) is 3.33. The molecule has 0 aliphatic heterocycles. The molecule has 2 aromatic rings. The Bertz CT molecular complexity index is 718. The lowest BCUT2D eigenvalue weighted by atomic mass is 10.2. The van der Waals surface area contributed by atoms with E-state index in [1.54, 1.807) is 24.3 Å². The molecule has 1 N–H and O–H groups in total. The van der Waals surface area contributed by atoms with Crippen molar-refractivity contribution >= 4 is 10.0 Å².